The van der Waals surface area contributed by atoms with Crippen molar-refractivity contribution >= 4 is 12.1 Å². The van der Waals surface area contributed by atoms with Gasteiger partial charge in [-0.15, -0.1) is 0 Å². The maximum Gasteiger partial charge on any atom is 0.258 e. The SMILES string of the molecule is CN/C=C(\C=N)N1CC2=C(C=CCC2C)C1=O. The van der Waals surface area contributed by atoms with Crippen molar-refractivity contribution in [1.29, 1.82) is 5.41 Å². The first-order valence-corrected chi connectivity index (χ1v) is 5.78. The highest BCUT2D eigenvalue weighted by atomic mass is 16.2. The molecule has 1 heterocycles. The third-order valence-corrected chi connectivity index (χ3v) is 3.27. The number of carbonyl (C=O) groups excluding carboxylic acids is 1. The minimum absolute atomic E-state index is 0.00722. The van der Waals surface area contributed by atoms with E-state index in [1.807, 2.05) is 6.08 Å². The predicted molar refractivity (Wildman–Crippen MR) is 67.6 cm³/mol. The Morgan fingerprint density at radius 1 is 1.65 bits per heavy atom. The van der Waals surface area contributed by atoms with Gasteiger partial charge in [-0.2, -0.15) is 0 Å². The number of carbonyl (C=O) groups is 1. The lowest BCUT2D eigenvalue weighted by Crippen LogP contribution is -2.28. The number of nitrogens with one attached hydrogen (secondary N) is 2. The van der Waals surface area contributed by atoms with Crippen LogP contribution < -0.4 is 5.32 Å². The fourth-order valence-electron chi connectivity index (χ4n) is 2.30. The lowest BCUT2D eigenvalue weighted by molar-refractivity contribution is -0.123. The highest BCUT2D eigenvalue weighted by Gasteiger charge is 2.33. The van der Waals surface area contributed by atoms with Crippen LogP contribution in [-0.2, 0) is 4.79 Å². The molecular weight excluding hydrogens is 214 g/mol. The fourth-order valence-corrected chi connectivity index (χ4v) is 2.30. The van der Waals surface area contributed by atoms with Crippen LogP contribution in [0.4, 0.5) is 0 Å². The first kappa shape index (κ1) is 11.6. The molecule has 2 N–H and O–H groups in total. The molecule has 1 amide bonds. The van der Waals surface area contributed by atoms with Crippen LogP contribution in [0.2, 0.25) is 0 Å². The lowest BCUT2D eigenvalue weighted by Gasteiger charge is -2.18. The summed E-state index contributed by atoms with van der Waals surface area (Å²) in [6.45, 7) is 2.75. The summed E-state index contributed by atoms with van der Waals surface area (Å²) in [5.74, 6) is 0.429. The molecule has 0 radical (unpaired) electrons. The zero-order chi connectivity index (χ0) is 12.4. The van der Waals surface area contributed by atoms with E-state index in [4.69, 9.17) is 5.41 Å². The van der Waals surface area contributed by atoms with Crippen molar-refractivity contribution in [2.45, 2.75) is 13.3 Å². The van der Waals surface area contributed by atoms with Crippen LogP contribution in [0, 0.1) is 11.3 Å². The summed E-state index contributed by atoms with van der Waals surface area (Å²) in [7, 11) is 1.76. The second kappa shape index (κ2) is 4.57. The van der Waals surface area contributed by atoms with Gasteiger partial charge >= 0.3 is 0 Å². The van der Waals surface area contributed by atoms with E-state index in [2.05, 4.69) is 18.3 Å². The zero-order valence-corrected chi connectivity index (χ0v) is 10.2. The summed E-state index contributed by atoms with van der Waals surface area (Å²) in [5.41, 5.74) is 2.61. The Kier molecular flexibility index (Phi) is 3.13. The number of allylic oxidation sites excluding steroid dienone is 2. The van der Waals surface area contributed by atoms with Crippen LogP contribution in [0.15, 0.2) is 35.2 Å². The van der Waals surface area contributed by atoms with Crippen LogP contribution in [0.25, 0.3) is 0 Å². The van der Waals surface area contributed by atoms with Crippen LogP contribution in [0.3, 0.4) is 0 Å². The zero-order valence-electron chi connectivity index (χ0n) is 10.2. The van der Waals surface area contributed by atoms with Crippen LogP contribution in [0.1, 0.15) is 13.3 Å². The second-order valence-corrected chi connectivity index (χ2v) is 4.37. The van der Waals surface area contributed by atoms with E-state index in [0.717, 1.165) is 12.0 Å². The van der Waals surface area contributed by atoms with Crippen molar-refractivity contribution in [3.8, 4) is 0 Å². The average molecular weight is 231 g/mol. The van der Waals surface area contributed by atoms with Crippen molar-refractivity contribution < 1.29 is 4.79 Å². The van der Waals surface area contributed by atoms with Crippen molar-refractivity contribution in [3.63, 3.8) is 0 Å². The van der Waals surface area contributed by atoms with Crippen LogP contribution in [-0.4, -0.2) is 30.6 Å². The van der Waals surface area contributed by atoms with Gasteiger partial charge in [0.2, 0.25) is 0 Å². The molecule has 0 saturated carbocycles. The standard InChI is InChI=1S/C13H17N3O/c1-9-4-3-5-11-12(9)8-16(13(11)17)10(6-14)7-15-2/h3,5-7,9,14-15H,4,8H2,1-2H3/b10-7+,14-6?. The molecule has 0 fully saturated rings. The van der Waals surface area contributed by atoms with E-state index in [0.29, 0.717) is 18.2 Å². The Morgan fingerprint density at radius 2 is 2.41 bits per heavy atom. The van der Waals surface area contributed by atoms with Gasteiger partial charge < -0.3 is 15.6 Å². The Hall–Kier alpha value is -1.84. The van der Waals surface area contributed by atoms with Gasteiger partial charge in [-0.3, -0.25) is 4.79 Å². The van der Waals surface area contributed by atoms with E-state index in [-0.39, 0.29) is 5.91 Å². The van der Waals surface area contributed by atoms with Gasteiger partial charge in [-0.1, -0.05) is 19.1 Å². The van der Waals surface area contributed by atoms with E-state index < -0.39 is 0 Å². The maximum atomic E-state index is 12.2. The molecule has 0 bridgehead atoms. The summed E-state index contributed by atoms with van der Waals surface area (Å²) in [4.78, 5) is 13.9. The molecule has 2 rings (SSSR count). The number of nitrogens with zero attached hydrogens (tertiary/aromatic N) is 1. The van der Waals surface area contributed by atoms with Gasteiger partial charge in [0, 0.05) is 31.6 Å². The van der Waals surface area contributed by atoms with Gasteiger partial charge in [0.05, 0.1) is 5.70 Å². The van der Waals surface area contributed by atoms with E-state index in [1.165, 1.54) is 11.8 Å². The quantitative estimate of drug-likeness (QED) is 0.722. The summed E-state index contributed by atoms with van der Waals surface area (Å²) >= 11 is 0. The second-order valence-electron chi connectivity index (χ2n) is 4.37. The highest BCUT2D eigenvalue weighted by molar-refractivity contribution is 6.03. The Morgan fingerprint density at radius 3 is 3.00 bits per heavy atom. The fraction of sp³-hybridized carbons (Fsp3) is 0.385. The Bertz CT molecular complexity index is 446. The van der Waals surface area contributed by atoms with E-state index >= 15 is 0 Å². The topological polar surface area (TPSA) is 56.2 Å². The molecule has 0 spiro atoms. The van der Waals surface area contributed by atoms with Crippen LogP contribution >= 0.6 is 0 Å². The molecule has 0 aromatic carbocycles. The van der Waals surface area contributed by atoms with Gasteiger partial charge in [0.1, 0.15) is 0 Å². The normalized spacial score (nSPS) is 24.1. The molecule has 2 aliphatic rings. The molecule has 1 aliphatic carbocycles. The lowest BCUT2D eigenvalue weighted by atomic mass is 9.90. The molecule has 0 aromatic rings. The molecule has 17 heavy (non-hydrogen) atoms. The number of amides is 1. The van der Waals surface area contributed by atoms with E-state index in [1.54, 1.807) is 18.1 Å². The molecule has 4 heteroatoms. The first-order chi connectivity index (χ1) is 8.19. The highest BCUT2D eigenvalue weighted by Crippen LogP contribution is 2.33. The molecule has 90 valence electrons. The smallest absolute Gasteiger partial charge is 0.258 e. The maximum absolute atomic E-state index is 12.2. The van der Waals surface area contributed by atoms with Crippen molar-refractivity contribution in [3.05, 3.63) is 35.2 Å². The Balaban J connectivity index is 2.29. The summed E-state index contributed by atoms with van der Waals surface area (Å²) in [6.07, 6.45) is 7.85. The summed E-state index contributed by atoms with van der Waals surface area (Å²) in [6, 6.07) is 0. The molecule has 1 atom stereocenters. The number of hydrogen-bond acceptors (Lipinski definition) is 3. The van der Waals surface area contributed by atoms with Gasteiger partial charge in [0.25, 0.3) is 5.91 Å². The largest absolute Gasteiger partial charge is 0.392 e. The molecule has 0 saturated heterocycles. The number of rotatable bonds is 3. The van der Waals surface area contributed by atoms with Crippen molar-refractivity contribution in [2.75, 3.05) is 13.6 Å². The molecular formula is C13H17N3O. The monoisotopic (exact) mass is 231 g/mol. The first-order valence-electron chi connectivity index (χ1n) is 5.78. The molecule has 0 aromatic heterocycles. The minimum Gasteiger partial charge on any atom is -0.392 e. The summed E-state index contributed by atoms with van der Waals surface area (Å²) in [5, 5.41) is 10.2. The third kappa shape index (κ3) is 1.90. The van der Waals surface area contributed by atoms with Gasteiger partial charge in [0.15, 0.2) is 0 Å². The minimum atomic E-state index is 0.00722. The average Bonchev–Trinajstić information content (AvgIpc) is 2.66. The third-order valence-electron chi connectivity index (χ3n) is 3.27. The molecule has 1 unspecified atom stereocenters. The molecule has 4 nitrogen and oxygen atoms in total. The van der Waals surface area contributed by atoms with Crippen molar-refractivity contribution in [2.24, 2.45) is 5.92 Å². The van der Waals surface area contributed by atoms with Crippen molar-refractivity contribution in [1.82, 2.24) is 10.2 Å². The predicted octanol–water partition coefficient (Wildman–Crippen LogP) is 1.43. The Labute approximate surface area is 101 Å². The van der Waals surface area contributed by atoms with Crippen LogP contribution in [0.5, 0.6) is 0 Å². The molecule has 1 aliphatic heterocycles. The number of hydrogen-bond donors (Lipinski definition) is 2. The van der Waals surface area contributed by atoms with Gasteiger partial charge in [-0.05, 0) is 17.9 Å². The summed E-state index contributed by atoms with van der Waals surface area (Å²) < 4.78 is 0. The van der Waals surface area contributed by atoms with E-state index in [9.17, 15) is 4.79 Å². The van der Waals surface area contributed by atoms with Gasteiger partial charge in [-0.25, -0.2) is 0 Å².